The molecule has 0 bridgehead atoms. The van der Waals surface area contributed by atoms with Crippen LogP contribution in [0.25, 0.3) is 0 Å². The zero-order valence-electron chi connectivity index (χ0n) is 13.2. The second-order valence-electron chi connectivity index (χ2n) is 4.92. The van der Waals surface area contributed by atoms with Gasteiger partial charge in [0.05, 0.1) is 24.9 Å². The Hall–Kier alpha value is -1.26. The summed E-state index contributed by atoms with van der Waals surface area (Å²) in [5, 5.41) is 0. The second-order valence-corrected chi connectivity index (χ2v) is 4.92. The summed E-state index contributed by atoms with van der Waals surface area (Å²) in [6, 6.07) is 5.62. The van der Waals surface area contributed by atoms with Crippen molar-refractivity contribution in [1.82, 2.24) is 0 Å². The van der Waals surface area contributed by atoms with Crippen molar-refractivity contribution in [3.8, 4) is 11.5 Å². The first kappa shape index (κ1) is 16.8. The molecule has 0 radical (unpaired) electrons. The Morgan fingerprint density at radius 3 is 2.20 bits per heavy atom. The Labute approximate surface area is 122 Å². The highest BCUT2D eigenvalue weighted by Crippen LogP contribution is 2.35. The molecule has 1 rings (SSSR count). The van der Waals surface area contributed by atoms with Crippen molar-refractivity contribution < 1.29 is 14.2 Å². The number of hydrogen-bond donors (Lipinski definition) is 1. The summed E-state index contributed by atoms with van der Waals surface area (Å²) in [7, 11) is 1.70. The Balaban J connectivity index is 3.10. The Morgan fingerprint density at radius 1 is 1.10 bits per heavy atom. The first-order valence-corrected chi connectivity index (χ1v) is 7.22. The number of hydrogen-bond acceptors (Lipinski definition) is 4. The molecule has 20 heavy (non-hydrogen) atoms. The van der Waals surface area contributed by atoms with Gasteiger partial charge >= 0.3 is 0 Å². The first-order chi connectivity index (χ1) is 9.52. The van der Waals surface area contributed by atoms with Gasteiger partial charge in [-0.2, -0.15) is 0 Å². The zero-order valence-corrected chi connectivity index (χ0v) is 13.2. The van der Waals surface area contributed by atoms with E-state index in [9.17, 15) is 0 Å². The fourth-order valence-corrected chi connectivity index (χ4v) is 2.10. The van der Waals surface area contributed by atoms with Crippen LogP contribution in [0.15, 0.2) is 18.2 Å². The van der Waals surface area contributed by atoms with E-state index in [0.29, 0.717) is 13.2 Å². The van der Waals surface area contributed by atoms with Gasteiger partial charge in [-0.05, 0) is 44.9 Å². The lowest BCUT2D eigenvalue weighted by molar-refractivity contribution is -0.0195. The van der Waals surface area contributed by atoms with E-state index in [-0.39, 0.29) is 6.04 Å². The maximum Gasteiger partial charge on any atom is 0.161 e. The third-order valence-corrected chi connectivity index (χ3v) is 3.75. The van der Waals surface area contributed by atoms with Gasteiger partial charge in [-0.25, -0.2) is 0 Å². The van der Waals surface area contributed by atoms with Gasteiger partial charge in [0.25, 0.3) is 0 Å². The van der Waals surface area contributed by atoms with Crippen LogP contribution in [0, 0.1) is 0 Å². The average molecular weight is 281 g/mol. The highest BCUT2D eigenvalue weighted by Gasteiger charge is 2.31. The van der Waals surface area contributed by atoms with Crippen LogP contribution in [0.3, 0.4) is 0 Å². The molecule has 2 atom stereocenters. The van der Waals surface area contributed by atoms with Gasteiger partial charge < -0.3 is 19.9 Å². The molecular weight excluding hydrogens is 254 g/mol. The van der Waals surface area contributed by atoms with Crippen LogP contribution in [0.5, 0.6) is 11.5 Å². The molecule has 0 aromatic heterocycles. The number of ether oxygens (including phenoxy) is 3. The molecule has 1 aromatic carbocycles. The molecule has 0 fully saturated rings. The fourth-order valence-electron chi connectivity index (χ4n) is 2.10. The molecule has 114 valence electrons. The van der Waals surface area contributed by atoms with Crippen molar-refractivity contribution in [2.45, 2.75) is 45.8 Å². The normalized spacial score (nSPS) is 15.5. The molecule has 0 aliphatic rings. The molecule has 0 amide bonds. The third kappa shape index (κ3) is 3.64. The molecule has 0 saturated heterocycles. The van der Waals surface area contributed by atoms with Crippen molar-refractivity contribution in [3.05, 3.63) is 23.8 Å². The largest absolute Gasteiger partial charge is 0.490 e. The number of rotatable bonds is 8. The van der Waals surface area contributed by atoms with Crippen molar-refractivity contribution in [2.24, 2.45) is 5.73 Å². The number of methoxy groups -OCH3 is 1. The Kier molecular flexibility index (Phi) is 6.30. The lowest BCUT2D eigenvalue weighted by Crippen LogP contribution is -2.39. The molecule has 0 heterocycles. The summed E-state index contributed by atoms with van der Waals surface area (Å²) < 4.78 is 16.8. The van der Waals surface area contributed by atoms with Crippen molar-refractivity contribution in [2.75, 3.05) is 20.3 Å². The molecule has 2 N–H and O–H groups in total. The molecule has 1 aromatic rings. The van der Waals surface area contributed by atoms with Crippen molar-refractivity contribution in [3.63, 3.8) is 0 Å². The van der Waals surface area contributed by atoms with Gasteiger partial charge in [0.1, 0.15) is 0 Å². The summed E-state index contributed by atoms with van der Waals surface area (Å²) in [6.07, 6.45) is 0.835. The molecule has 4 nitrogen and oxygen atoms in total. The van der Waals surface area contributed by atoms with Crippen LogP contribution < -0.4 is 15.2 Å². The summed E-state index contributed by atoms with van der Waals surface area (Å²) in [4.78, 5) is 0. The predicted molar refractivity (Wildman–Crippen MR) is 81.4 cm³/mol. The van der Waals surface area contributed by atoms with E-state index in [1.54, 1.807) is 7.11 Å². The molecule has 4 heteroatoms. The van der Waals surface area contributed by atoms with E-state index in [0.717, 1.165) is 23.5 Å². The SMILES string of the molecule is CCOc1ccc(C(N)C(C)(CC)OC)cc1OCC. The minimum absolute atomic E-state index is 0.215. The number of nitrogens with two attached hydrogens (primary N) is 1. The molecule has 0 aliphatic carbocycles. The maximum absolute atomic E-state index is 6.36. The Morgan fingerprint density at radius 2 is 1.70 bits per heavy atom. The molecular formula is C16H27NO3. The van der Waals surface area contributed by atoms with Gasteiger partial charge in [-0.3, -0.25) is 0 Å². The summed E-state index contributed by atoms with van der Waals surface area (Å²) in [5.41, 5.74) is 6.96. The van der Waals surface area contributed by atoms with Crippen LogP contribution >= 0.6 is 0 Å². The molecule has 2 unspecified atom stereocenters. The van der Waals surface area contributed by atoms with E-state index in [4.69, 9.17) is 19.9 Å². The van der Waals surface area contributed by atoms with E-state index in [1.165, 1.54) is 0 Å². The lowest BCUT2D eigenvalue weighted by atomic mass is 9.88. The van der Waals surface area contributed by atoms with Gasteiger partial charge in [0, 0.05) is 7.11 Å². The highest BCUT2D eigenvalue weighted by molar-refractivity contribution is 5.44. The minimum atomic E-state index is -0.392. The van der Waals surface area contributed by atoms with Gasteiger partial charge in [-0.1, -0.05) is 13.0 Å². The van der Waals surface area contributed by atoms with Crippen LogP contribution in [0.4, 0.5) is 0 Å². The van der Waals surface area contributed by atoms with E-state index < -0.39 is 5.60 Å². The second kappa shape index (κ2) is 7.50. The van der Waals surface area contributed by atoms with Crippen LogP contribution in [0.2, 0.25) is 0 Å². The summed E-state index contributed by atoms with van der Waals surface area (Å²) in [6.45, 7) is 9.20. The van der Waals surface area contributed by atoms with Crippen LogP contribution in [-0.4, -0.2) is 25.9 Å². The Bertz CT molecular complexity index is 416. The lowest BCUT2D eigenvalue weighted by Gasteiger charge is -2.33. The van der Waals surface area contributed by atoms with Crippen LogP contribution in [0.1, 0.15) is 45.7 Å². The smallest absolute Gasteiger partial charge is 0.161 e. The van der Waals surface area contributed by atoms with E-state index in [1.807, 2.05) is 39.0 Å². The monoisotopic (exact) mass is 281 g/mol. The topological polar surface area (TPSA) is 53.7 Å². The van der Waals surface area contributed by atoms with Crippen molar-refractivity contribution in [1.29, 1.82) is 0 Å². The molecule has 0 aliphatic heterocycles. The standard InChI is InChI=1S/C16H27NO3/c1-6-16(4,18-5)15(17)12-9-10-13(19-7-2)14(11-12)20-8-3/h9-11,15H,6-8,17H2,1-5H3. The first-order valence-electron chi connectivity index (χ1n) is 7.22. The average Bonchev–Trinajstić information content (AvgIpc) is 2.48. The van der Waals surface area contributed by atoms with Crippen molar-refractivity contribution >= 4 is 0 Å². The predicted octanol–water partition coefficient (Wildman–Crippen LogP) is 3.30. The zero-order chi connectivity index (χ0) is 15.2. The van der Waals surface area contributed by atoms with E-state index in [2.05, 4.69) is 6.92 Å². The highest BCUT2D eigenvalue weighted by atomic mass is 16.5. The van der Waals surface area contributed by atoms with Gasteiger partial charge in [0.15, 0.2) is 11.5 Å². The quantitative estimate of drug-likeness (QED) is 0.794. The van der Waals surface area contributed by atoms with Gasteiger partial charge in [0.2, 0.25) is 0 Å². The summed E-state index contributed by atoms with van der Waals surface area (Å²) >= 11 is 0. The number of benzene rings is 1. The molecule has 0 saturated carbocycles. The fraction of sp³-hybridized carbons (Fsp3) is 0.625. The minimum Gasteiger partial charge on any atom is -0.490 e. The third-order valence-electron chi connectivity index (χ3n) is 3.75. The van der Waals surface area contributed by atoms with Crippen LogP contribution in [-0.2, 0) is 4.74 Å². The molecule has 0 spiro atoms. The summed E-state index contributed by atoms with van der Waals surface area (Å²) in [5.74, 6) is 1.48. The van der Waals surface area contributed by atoms with Gasteiger partial charge in [-0.15, -0.1) is 0 Å². The maximum atomic E-state index is 6.36. The van der Waals surface area contributed by atoms with E-state index >= 15 is 0 Å².